The second-order valence-corrected chi connectivity index (χ2v) is 8.02. The predicted molar refractivity (Wildman–Crippen MR) is 129 cm³/mol. The average molecular weight is 473 g/mol. The highest BCUT2D eigenvalue weighted by molar-refractivity contribution is 5.86. The second-order valence-electron chi connectivity index (χ2n) is 8.02. The van der Waals surface area contributed by atoms with Gasteiger partial charge >= 0.3 is 0 Å². The molecule has 0 aliphatic heterocycles. The molecule has 0 aliphatic rings. The second kappa shape index (κ2) is 8.56. The van der Waals surface area contributed by atoms with Crippen molar-refractivity contribution in [3.05, 3.63) is 64.2 Å². The number of benzene rings is 1. The van der Waals surface area contributed by atoms with Crippen molar-refractivity contribution >= 4 is 22.4 Å². The van der Waals surface area contributed by atoms with Crippen molar-refractivity contribution in [3.63, 3.8) is 0 Å². The summed E-state index contributed by atoms with van der Waals surface area (Å²) in [6.07, 6.45) is 1.34. The molecule has 0 radical (unpaired) electrons. The largest absolute Gasteiger partial charge is 0.481 e. The van der Waals surface area contributed by atoms with Crippen LogP contribution in [0.2, 0.25) is 0 Å². The standard InChI is InChI=1S/C23H23N9O3/c1-11-6-5-7-14-8-15(32(23(33)18(11)14)16-9-17(34-4)30-29-16)12(2)27-21-19(20(24)25-10-26-21)22-31-28-13(3)35-22/h5-10,12H,1-4H3,(H,29,30)(H3,24,25,26,27)/t12-/m0/s1. The SMILES string of the molecule is COc1cc(-n2c([C@H](C)Nc3ncnc(N)c3-c3nnc(C)o3)cc3cccc(C)c3c2=O)n[nH]1. The molecule has 35 heavy (non-hydrogen) atoms. The first-order valence-electron chi connectivity index (χ1n) is 10.8. The van der Waals surface area contributed by atoms with E-state index < -0.39 is 6.04 Å². The molecule has 5 aromatic rings. The Morgan fingerprint density at radius 2 is 2.03 bits per heavy atom. The quantitative estimate of drug-likeness (QED) is 0.334. The topological polar surface area (TPSA) is 163 Å². The van der Waals surface area contributed by atoms with Gasteiger partial charge in [-0.15, -0.1) is 10.2 Å². The number of hydrogen-bond donors (Lipinski definition) is 3. The zero-order valence-corrected chi connectivity index (χ0v) is 19.5. The molecular formula is C23H23N9O3. The number of aromatic nitrogens is 7. The van der Waals surface area contributed by atoms with Crippen LogP contribution in [0.1, 0.15) is 30.1 Å². The molecule has 0 bridgehead atoms. The van der Waals surface area contributed by atoms with E-state index >= 15 is 0 Å². The number of anilines is 2. The summed E-state index contributed by atoms with van der Waals surface area (Å²) in [5.74, 6) is 1.97. The van der Waals surface area contributed by atoms with Crippen molar-refractivity contribution in [1.82, 2.24) is 34.9 Å². The van der Waals surface area contributed by atoms with Crippen molar-refractivity contribution in [1.29, 1.82) is 0 Å². The van der Waals surface area contributed by atoms with Crippen molar-refractivity contribution in [2.45, 2.75) is 26.8 Å². The first kappa shape index (κ1) is 22.1. The normalized spacial score (nSPS) is 12.1. The Hall–Kier alpha value is -4.74. The maximum absolute atomic E-state index is 13.7. The minimum Gasteiger partial charge on any atom is -0.481 e. The van der Waals surface area contributed by atoms with Crippen LogP contribution in [0, 0.1) is 13.8 Å². The molecule has 0 aliphatic carbocycles. The fourth-order valence-corrected chi connectivity index (χ4v) is 4.02. The molecule has 0 saturated carbocycles. The number of nitrogens with zero attached hydrogens (tertiary/aromatic N) is 6. The third-order valence-corrected chi connectivity index (χ3v) is 5.69. The molecule has 0 saturated heterocycles. The van der Waals surface area contributed by atoms with Crippen LogP contribution in [0.25, 0.3) is 28.0 Å². The lowest BCUT2D eigenvalue weighted by atomic mass is 10.0. The van der Waals surface area contributed by atoms with Crippen LogP contribution < -0.4 is 21.3 Å². The monoisotopic (exact) mass is 473 g/mol. The first-order chi connectivity index (χ1) is 16.9. The molecule has 0 spiro atoms. The van der Waals surface area contributed by atoms with Crippen LogP contribution in [-0.4, -0.2) is 42.0 Å². The maximum Gasteiger partial charge on any atom is 0.264 e. The summed E-state index contributed by atoms with van der Waals surface area (Å²) in [5, 5.41) is 19.8. The van der Waals surface area contributed by atoms with Crippen LogP contribution >= 0.6 is 0 Å². The first-order valence-corrected chi connectivity index (χ1v) is 10.8. The van der Waals surface area contributed by atoms with E-state index in [9.17, 15) is 4.79 Å². The zero-order valence-electron chi connectivity index (χ0n) is 19.5. The number of ether oxygens (including phenoxy) is 1. The van der Waals surface area contributed by atoms with Crippen LogP contribution in [0.5, 0.6) is 5.88 Å². The molecule has 4 aromatic heterocycles. The van der Waals surface area contributed by atoms with Crippen LogP contribution in [0.15, 0.2) is 45.9 Å². The fraction of sp³-hybridized carbons (Fsp3) is 0.217. The van der Waals surface area contributed by atoms with E-state index in [1.165, 1.54) is 13.4 Å². The molecule has 0 amide bonds. The Morgan fingerprint density at radius 3 is 2.74 bits per heavy atom. The summed E-state index contributed by atoms with van der Waals surface area (Å²) in [6, 6.07) is 8.92. The Kier molecular flexibility index (Phi) is 5.40. The average Bonchev–Trinajstić information content (AvgIpc) is 3.48. The Labute approximate surface area is 199 Å². The molecule has 178 valence electrons. The van der Waals surface area contributed by atoms with Gasteiger partial charge in [-0.3, -0.25) is 9.36 Å². The Balaban J connectivity index is 1.67. The molecule has 1 aromatic carbocycles. The summed E-state index contributed by atoms with van der Waals surface area (Å²) in [5.41, 5.74) is 7.82. The minimum atomic E-state index is -0.424. The van der Waals surface area contributed by atoms with Gasteiger partial charge in [-0.05, 0) is 30.9 Å². The summed E-state index contributed by atoms with van der Waals surface area (Å²) in [4.78, 5) is 22.1. The van der Waals surface area contributed by atoms with E-state index in [4.69, 9.17) is 14.9 Å². The van der Waals surface area contributed by atoms with Gasteiger partial charge < -0.3 is 20.2 Å². The lowest BCUT2D eigenvalue weighted by molar-refractivity contribution is 0.397. The number of aromatic amines is 1. The van der Waals surface area contributed by atoms with E-state index in [0.29, 0.717) is 40.1 Å². The molecule has 12 heteroatoms. The van der Waals surface area contributed by atoms with Gasteiger partial charge in [-0.1, -0.05) is 18.2 Å². The van der Waals surface area contributed by atoms with Gasteiger partial charge in [0.15, 0.2) is 5.82 Å². The van der Waals surface area contributed by atoms with Gasteiger partial charge in [-0.25, -0.2) is 15.1 Å². The minimum absolute atomic E-state index is 0.182. The van der Waals surface area contributed by atoms with Crippen molar-refractivity contribution < 1.29 is 9.15 Å². The van der Waals surface area contributed by atoms with Crippen molar-refractivity contribution in [2.75, 3.05) is 18.2 Å². The van der Waals surface area contributed by atoms with E-state index in [2.05, 4.69) is 35.7 Å². The smallest absolute Gasteiger partial charge is 0.264 e. The number of rotatable bonds is 6. The van der Waals surface area contributed by atoms with E-state index in [1.807, 2.05) is 38.1 Å². The van der Waals surface area contributed by atoms with Gasteiger partial charge in [0, 0.05) is 13.0 Å². The molecular weight excluding hydrogens is 450 g/mol. The van der Waals surface area contributed by atoms with Gasteiger partial charge in [0.05, 0.1) is 24.2 Å². The number of nitrogen functional groups attached to an aromatic ring is 1. The molecule has 0 unspecified atom stereocenters. The van der Waals surface area contributed by atoms with Crippen molar-refractivity contribution in [3.8, 4) is 23.2 Å². The molecule has 5 rings (SSSR count). The summed E-state index contributed by atoms with van der Waals surface area (Å²) >= 11 is 0. The van der Waals surface area contributed by atoms with Crippen LogP contribution in [0.3, 0.4) is 0 Å². The molecule has 12 nitrogen and oxygen atoms in total. The number of nitrogens with two attached hydrogens (primary N) is 1. The molecule has 1 atom stereocenters. The highest BCUT2D eigenvalue weighted by atomic mass is 16.5. The van der Waals surface area contributed by atoms with Gasteiger partial charge in [0.25, 0.3) is 11.4 Å². The van der Waals surface area contributed by atoms with Crippen LogP contribution in [0.4, 0.5) is 11.6 Å². The number of fused-ring (bicyclic) bond motifs is 1. The van der Waals surface area contributed by atoms with Gasteiger partial charge in [-0.2, -0.15) is 5.10 Å². The number of methoxy groups -OCH3 is 1. The highest BCUT2D eigenvalue weighted by Gasteiger charge is 2.23. The lowest BCUT2D eigenvalue weighted by Crippen LogP contribution is -2.26. The van der Waals surface area contributed by atoms with E-state index in [1.54, 1.807) is 17.6 Å². The van der Waals surface area contributed by atoms with Gasteiger partial charge in [0.1, 0.15) is 23.5 Å². The Bertz CT molecular complexity index is 1600. The fourth-order valence-electron chi connectivity index (χ4n) is 4.02. The van der Waals surface area contributed by atoms with Crippen LogP contribution in [-0.2, 0) is 0 Å². The highest BCUT2D eigenvalue weighted by Crippen LogP contribution is 2.32. The number of pyridine rings is 1. The summed E-state index contributed by atoms with van der Waals surface area (Å²) < 4.78 is 12.4. The molecule has 4 N–H and O–H groups in total. The maximum atomic E-state index is 13.7. The predicted octanol–water partition coefficient (Wildman–Crippen LogP) is 2.93. The third-order valence-electron chi connectivity index (χ3n) is 5.69. The molecule has 4 heterocycles. The Morgan fingerprint density at radius 1 is 1.20 bits per heavy atom. The van der Waals surface area contributed by atoms with Gasteiger partial charge in [0.2, 0.25) is 11.8 Å². The number of H-pyrrole nitrogens is 1. The van der Waals surface area contributed by atoms with Crippen molar-refractivity contribution in [2.24, 2.45) is 0 Å². The number of aryl methyl sites for hydroxylation is 2. The number of nitrogens with one attached hydrogen (secondary N) is 2. The van der Waals surface area contributed by atoms with E-state index in [0.717, 1.165) is 10.9 Å². The lowest BCUT2D eigenvalue weighted by Gasteiger charge is -2.21. The zero-order chi connectivity index (χ0) is 24.7. The summed E-state index contributed by atoms with van der Waals surface area (Å²) in [7, 11) is 1.52. The van der Waals surface area contributed by atoms with E-state index in [-0.39, 0.29) is 17.3 Å². The summed E-state index contributed by atoms with van der Waals surface area (Å²) in [6.45, 7) is 5.49. The third kappa shape index (κ3) is 3.84. The molecule has 0 fully saturated rings. The number of hydrogen-bond acceptors (Lipinski definition) is 10.